The Labute approximate surface area is 176 Å². The van der Waals surface area contributed by atoms with Gasteiger partial charge in [-0.25, -0.2) is 4.39 Å². The fourth-order valence-corrected chi connectivity index (χ4v) is 2.57. The summed E-state index contributed by atoms with van der Waals surface area (Å²) in [7, 11) is 0.715. The van der Waals surface area contributed by atoms with Crippen molar-refractivity contribution < 1.29 is 62.2 Å². The Kier molecular flexibility index (Phi) is 10.4. The molecule has 0 rings (SSSR count). The average molecular weight is 498 g/mol. The molecular formula is C18H22F12O2. The lowest BCUT2D eigenvalue weighted by Crippen LogP contribution is -2.66. The van der Waals surface area contributed by atoms with Crippen molar-refractivity contribution in [3.63, 3.8) is 0 Å². The zero-order chi connectivity index (χ0) is 25.6. The molecule has 14 heteroatoms. The molecule has 0 amide bonds. The van der Waals surface area contributed by atoms with Gasteiger partial charge in [-0.15, -0.1) is 0 Å². The predicted octanol–water partition coefficient (Wildman–Crippen LogP) is 7.48. The standard InChI is InChI=1S/C18H22F12O2/c1-3-4-5-6-7-8-9-11(13(31)32-2)10-12(19)14(20,21)15(22,23)16(24,25)17(26,27)18(28,29)30/h10-11H,3-9H2,1-2H3/b12-10+. The predicted molar refractivity (Wildman–Crippen MR) is 88.5 cm³/mol. The maximum absolute atomic E-state index is 13.9. The molecule has 190 valence electrons. The summed E-state index contributed by atoms with van der Waals surface area (Å²) in [5.74, 6) is -36.6. The van der Waals surface area contributed by atoms with Crippen molar-refractivity contribution in [1.29, 1.82) is 0 Å². The van der Waals surface area contributed by atoms with Gasteiger partial charge in [0.2, 0.25) is 0 Å². The minimum absolute atomic E-state index is 0.0670. The van der Waals surface area contributed by atoms with Gasteiger partial charge in [-0.05, 0) is 12.5 Å². The number of carbonyl (C=O) groups is 1. The first-order valence-electron chi connectivity index (χ1n) is 9.36. The molecule has 1 unspecified atom stereocenters. The zero-order valence-electron chi connectivity index (χ0n) is 17.0. The van der Waals surface area contributed by atoms with Crippen LogP contribution in [0.15, 0.2) is 11.9 Å². The highest BCUT2D eigenvalue weighted by atomic mass is 19.4. The number of ether oxygens (including phenoxy) is 1. The third-order valence-electron chi connectivity index (χ3n) is 4.56. The van der Waals surface area contributed by atoms with Crippen molar-refractivity contribution in [2.75, 3.05) is 7.11 Å². The second-order valence-corrected chi connectivity index (χ2v) is 7.00. The Balaban J connectivity index is 5.85. The van der Waals surface area contributed by atoms with Crippen molar-refractivity contribution in [2.45, 2.75) is 81.7 Å². The Morgan fingerprint density at radius 1 is 0.781 bits per heavy atom. The van der Waals surface area contributed by atoms with Gasteiger partial charge in [-0.2, -0.15) is 48.3 Å². The van der Waals surface area contributed by atoms with E-state index >= 15 is 0 Å². The molecule has 0 aliphatic heterocycles. The Morgan fingerprint density at radius 3 is 1.69 bits per heavy atom. The second kappa shape index (κ2) is 11.0. The monoisotopic (exact) mass is 498 g/mol. The Bertz CT molecular complexity index is 640. The van der Waals surface area contributed by atoms with Gasteiger partial charge < -0.3 is 4.74 Å². The van der Waals surface area contributed by atoms with Crippen molar-refractivity contribution in [3.8, 4) is 0 Å². The van der Waals surface area contributed by atoms with Crippen LogP contribution in [0.2, 0.25) is 0 Å². The van der Waals surface area contributed by atoms with Crippen LogP contribution >= 0.6 is 0 Å². The van der Waals surface area contributed by atoms with Crippen LogP contribution in [0.1, 0.15) is 51.9 Å². The van der Waals surface area contributed by atoms with Crippen LogP contribution in [0, 0.1) is 5.92 Å². The Morgan fingerprint density at radius 2 is 1.25 bits per heavy atom. The maximum Gasteiger partial charge on any atom is 0.460 e. The molecule has 2 nitrogen and oxygen atoms in total. The molecule has 0 saturated heterocycles. The Hall–Kier alpha value is -1.63. The molecule has 0 heterocycles. The number of rotatable bonds is 13. The molecule has 32 heavy (non-hydrogen) atoms. The van der Waals surface area contributed by atoms with E-state index < -0.39 is 60.1 Å². The van der Waals surface area contributed by atoms with Gasteiger partial charge in [-0.1, -0.05) is 45.4 Å². The van der Waals surface area contributed by atoms with Crippen LogP contribution in [0.5, 0.6) is 0 Å². The second-order valence-electron chi connectivity index (χ2n) is 7.00. The molecule has 0 bridgehead atoms. The van der Waals surface area contributed by atoms with Gasteiger partial charge in [0.25, 0.3) is 0 Å². The van der Waals surface area contributed by atoms with E-state index in [4.69, 9.17) is 0 Å². The molecular weight excluding hydrogens is 476 g/mol. The minimum atomic E-state index is -7.73. The molecule has 0 aromatic heterocycles. The van der Waals surface area contributed by atoms with E-state index in [0.29, 0.717) is 20.0 Å². The summed E-state index contributed by atoms with van der Waals surface area (Å²) in [5, 5.41) is 0. The van der Waals surface area contributed by atoms with E-state index in [-0.39, 0.29) is 6.42 Å². The van der Waals surface area contributed by atoms with E-state index in [1.807, 2.05) is 6.92 Å². The number of hydrogen-bond donors (Lipinski definition) is 0. The van der Waals surface area contributed by atoms with Gasteiger partial charge in [0.1, 0.15) is 0 Å². The lowest BCUT2D eigenvalue weighted by molar-refractivity contribution is -0.419. The summed E-state index contributed by atoms with van der Waals surface area (Å²) in [5.41, 5.74) is 0. The number of hydrogen-bond acceptors (Lipinski definition) is 2. The van der Waals surface area contributed by atoms with E-state index in [0.717, 1.165) is 19.3 Å². The molecule has 0 fully saturated rings. The van der Waals surface area contributed by atoms with Crippen LogP contribution in [0.4, 0.5) is 52.7 Å². The lowest BCUT2D eigenvalue weighted by atomic mass is 9.94. The lowest BCUT2D eigenvalue weighted by Gasteiger charge is -2.36. The van der Waals surface area contributed by atoms with Gasteiger partial charge in [0, 0.05) is 0 Å². The largest absolute Gasteiger partial charge is 0.469 e. The summed E-state index contributed by atoms with van der Waals surface area (Å²) in [6.07, 6.45) is -4.77. The van der Waals surface area contributed by atoms with Crippen molar-refractivity contribution in [3.05, 3.63) is 11.9 Å². The van der Waals surface area contributed by atoms with Gasteiger partial charge >= 0.3 is 35.8 Å². The molecule has 0 saturated carbocycles. The molecule has 1 atom stereocenters. The molecule has 0 spiro atoms. The highest BCUT2D eigenvalue weighted by Crippen LogP contribution is 2.58. The van der Waals surface area contributed by atoms with Crippen LogP contribution in [-0.4, -0.2) is 42.9 Å². The summed E-state index contributed by atoms with van der Waals surface area (Å²) in [6, 6.07) is 0. The van der Waals surface area contributed by atoms with E-state index in [2.05, 4.69) is 4.74 Å². The minimum Gasteiger partial charge on any atom is -0.469 e. The number of halogens is 12. The molecule has 0 radical (unpaired) electrons. The van der Waals surface area contributed by atoms with Crippen molar-refractivity contribution in [2.24, 2.45) is 5.92 Å². The highest BCUT2D eigenvalue weighted by molar-refractivity contribution is 5.74. The number of allylic oxidation sites excluding steroid dienone is 1. The van der Waals surface area contributed by atoms with Crippen molar-refractivity contribution >= 4 is 5.97 Å². The number of unbranched alkanes of at least 4 members (excludes halogenated alkanes) is 5. The van der Waals surface area contributed by atoms with E-state index in [1.165, 1.54) is 0 Å². The number of carbonyl (C=O) groups excluding carboxylic acids is 1. The molecule has 0 N–H and O–H groups in total. The van der Waals surface area contributed by atoms with Gasteiger partial charge in [0.05, 0.1) is 13.0 Å². The summed E-state index contributed by atoms with van der Waals surface area (Å²) in [4.78, 5) is 11.6. The third-order valence-corrected chi connectivity index (χ3v) is 4.56. The third kappa shape index (κ3) is 6.24. The van der Waals surface area contributed by atoms with Crippen LogP contribution < -0.4 is 0 Å². The summed E-state index contributed by atoms with van der Waals surface area (Å²) < 4.78 is 161. The maximum atomic E-state index is 13.9. The fourth-order valence-electron chi connectivity index (χ4n) is 2.57. The molecule has 0 aliphatic carbocycles. The van der Waals surface area contributed by atoms with Crippen LogP contribution in [0.25, 0.3) is 0 Å². The van der Waals surface area contributed by atoms with E-state index in [9.17, 15) is 57.5 Å². The number of esters is 1. The van der Waals surface area contributed by atoms with Gasteiger partial charge in [-0.3, -0.25) is 4.79 Å². The zero-order valence-corrected chi connectivity index (χ0v) is 17.0. The first kappa shape index (κ1) is 30.4. The number of alkyl halides is 11. The SMILES string of the molecule is CCCCCCCCC(/C=C(/F)C(F)(F)C(F)(F)C(F)(F)C(F)(F)C(F)(F)F)C(=O)OC. The fraction of sp³-hybridized carbons (Fsp3) is 0.833. The topological polar surface area (TPSA) is 26.3 Å². The first-order valence-corrected chi connectivity index (χ1v) is 9.36. The average Bonchev–Trinajstić information content (AvgIpc) is 2.67. The molecule has 0 aromatic rings. The van der Waals surface area contributed by atoms with E-state index in [1.54, 1.807) is 0 Å². The quantitative estimate of drug-likeness (QED) is 0.150. The molecule has 0 aromatic carbocycles. The van der Waals surface area contributed by atoms with Crippen LogP contribution in [-0.2, 0) is 9.53 Å². The summed E-state index contributed by atoms with van der Waals surface area (Å²) in [6.45, 7) is 1.91. The van der Waals surface area contributed by atoms with Gasteiger partial charge in [0.15, 0.2) is 5.83 Å². The first-order chi connectivity index (χ1) is 14.3. The van der Waals surface area contributed by atoms with Crippen molar-refractivity contribution in [1.82, 2.24) is 0 Å². The summed E-state index contributed by atoms with van der Waals surface area (Å²) >= 11 is 0. The molecule has 0 aliphatic rings. The normalized spacial score (nSPS) is 15.6. The smallest absolute Gasteiger partial charge is 0.460 e. The highest BCUT2D eigenvalue weighted by Gasteiger charge is 2.87. The number of methoxy groups -OCH3 is 1. The van der Waals surface area contributed by atoms with Crippen LogP contribution in [0.3, 0.4) is 0 Å².